The number of amides is 1. The van der Waals surface area contributed by atoms with Gasteiger partial charge in [-0.1, -0.05) is 32.6 Å². The summed E-state index contributed by atoms with van der Waals surface area (Å²) in [6.45, 7) is 14.6. The summed E-state index contributed by atoms with van der Waals surface area (Å²) in [5.74, 6) is 1.34. The van der Waals surface area contributed by atoms with Crippen molar-refractivity contribution >= 4 is 41.9 Å². The van der Waals surface area contributed by atoms with Crippen LogP contribution in [0, 0.1) is 5.92 Å². The number of piperazine rings is 1. The number of rotatable bonds is 9. The lowest BCUT2D eigenvalue weighted by atomic mass is 10.0. The van der Waals surface area contributed by atoms with E-state index >= 15 is 0 Å². The van der Waals surface area contributed by atoms with Crippen LogP contribution in [0.25, 0.3) is 5.70 Å². The topological polar surface area (TPSA) is 78.8 Å². The standard InChI is InChI=1S/C28H37N5O3S/c1-7-25(27-20(4)11-10-14-30-27)37-31-23-13-12-22(19-24(23)35-6)21(5)32-15-17-33(18-16-32)28(34)36-26(8-2)29-9-3/h8-14,19-20,31H,5,7,15-18H2,1-4,6H3/b26-8+,27-25-,29-9?. The van der Waals surface area contributed by atoms with E-state index in [1.807, 2.05) is 30.5 Å². The molecule has 1 atom stereocenters. The van der Waals surface area contributed by atoms with Crippen LogP contribution in [0.2, 0.25) is 0 Å². The second-order valence-corrected chi connectivity index (χ2v) is 9.44. The Labute approximate surface area is 224 Å². The molecular formula is C28H37N5O3S. The number of nitrogens with zero attached hydrogens (tertiary/aromatic N) is 4. The first-order valence-electron chi connectivity index (χ1n) is 12.5. The monoisotopic (exact) mass is 523 g/mol. The van der Waals surface area contributed by atoms with Gasteiger partial charge in [-0.15, -0.1) is 0 Å². The number of methoxy groups -OCH3 is 1. The maximum absolute atomic E-state index is 12.5. The number of benzene rings is 1. The first-order valence-corrected chi connectivity index (χ1v) is 13.3. The summed E-state index contributed by atoms with van der Waals surface area (Å²) in [5.41, 5.74) is 3.85. The van der Waals surface area contributed by atoms with Gasteiger partial charge < -0.3 is 24.0 Å². The second kappa shape index (κ2) is 13.7. The number of carbonyl (C=O) groups excluding carboxylic acids is 1. The van der Waals surface area contributed by atoms with Gasteiger partial charge in [0.05, 0.1) is 18.5 Å². The summed E-state index contributed by atoms with van der Waals surface area (Å²) in [4.78, 5) is 26.2. The smallest absolute Gasteiger partial charge is 0.416 e. The summed E-state index contributed by atoms with van der Waals surface area (Å²) in [6.07, 6.45) is 9.76. The highest BCUT2D eigenvalue weighted by molar-refractivity contribution is 8.04. The maximum Gasteiger partial charge on any atom is 0.416 e. The minimum atomic E-state index is -0.385. The lowest BCUT2D eigenvalue weighted by Gasteiger charge is -2.36. The van der Waals surface area contributed by atoms with Crippen LogP contribution in [-0.2, 0) is 4.74 Å². The zero-order valence-corrected chi connectivity index (χ0v) is 23.2. The predicted octanol–water partition coefficient (Wildman–Crippen LogP) is 6.33. The molecule has 0 aromatic heterocycles. The van der Waals surface area contributed by atoms with Crippen LogP contribution in [0.1, 0.15) is 39.7 Å². The van der Waals surface area contributed by atoms with E-state index in [2.05, 4.69) is 46.1 Å². The number of hydrogen-bond acceptors (Lipinski definition) is 8. The quantitative estimate of drug-likeness (QED) is 0.231. The van der Waals surface area contributed by atoms with Crippen LogP contribution < -0.4 is 9.46 Å². The largest absolute Gasteiger partial charge is 0.495 e. The average Bonchev–Trinajstić information content (AvgIpc) is 2.93. The average molecular weight is 524 g/mol. The van der Waals surface area contributed by atoms with E-state index < -0.39 is 0 Å². The fourth-order valence-corrected chi connectivity index (χ4v) is 4.92. The Balaban J connectivity index is 1.62. The molecule has 3 rings (SSSR count). The number of hydrogen-bond donors (Lipinski definition) is 1. The molecule has 1 aromatic rings. The molecule has 9 heteroatoms. The first kappa shape index (κ1) is 28.1. The molecule has 1 amide bonds. The van der Waals surface area contributed by atoms with Gasteiger partial charge in [0.2, 0.25) is 5.88 Å². The molecule has 1 fully saturated rings. The molecule has 0 aliphatic carbocycles. The van der Waals surface area contributed by atoms with Crippen molar-refractivity contribution in [3.8, 4) is 5.75 Å². The molecule has 37 heavy (non-hydrogen) atoms. The minimum absolute atomic E-state index is 0.291. The summed E-state index contributed by atoms with van der Waals surface area (Å²) in [5, 5.41) is 0. The van der Waals surface area contributed by atoms with E-state index in [9.17, 15) is 4.79 Å². The third kappa shape index (κ3) is 7.29. The van der Waals surface area contributed by atoms with Gasteiger partial charge in [0.15, 0.2) is 0 Å². The molecular weight excluding hydrogens is 486 g/mol. The highest BCUT2D eigenvalue weighted by atomic mass is 32.2. The molecule has 1 saturated heterocycles. The third-order valence-electron chi connectivity index (χ3n) is 6.17. The number of dihydropyridines is 1. The highest BCUT2D eigenvalue weighted by Crippen LogP contribution is 2.35. The Morgan fingerprint density at radius 1 is 1.27 bits per heavy atom. The highest BCUT2D eigenvalue weighted by Gasteiger charge is 2.24. The van der Waals surface area contributed by atoms with Crippen molar-refractivity contribution in [3.05, 3.63) is 65.1 Å². The maximum atomic E-state index is 12.5. The number of aliphatic imine (C=N–C) groups is 2. The van der Waals surface area contributed by atoms with Crippen molar-refractivity contribution in [2.24, 2.45) is 15.9 Å². The Morgan fingerprint density at radius 3 is 2.62 bits per heavy atom. The van der Waals surface area contributed by atoms with E-state index in [0.717, 1.165) is 34.8 Å². The molecule has 8 nitrogen and oxygen atoms in total. The number of anilines is 1. The van der Waals surface area contributed by atoms with Crippen LogP contribution in [0.5, 0.6) is 5.75 Å². The Bertz CT molecular complexity index is 1130. The molecule has 198 valence electrons. The van der Waals surface area contributed by atoms with Crippen molar-refractivity contribution in [1.29, 1.82) is 0 Å². The van der Waals surface area contributed by atoms with E-state index in [1.54, 1.807) is 50.1 Å². The van der Waals surface area contributed by atoms with Gasteiger partial charge in [-0.25, -0.2) is 9.79 Å². The van der Waals surface area contributed by atoms with E-state index in [4.69, 9.17) is 9.47 Å². The van der Waals surface area contributed by atoms with Crippen LogP contribution in [0.4, 0.5) is 10.5 Å². The minimum Gasteiger partial charge on any atom is -0.495 e. The molecule has 0 spiro atoms. The molecule has 0 radical (unpaired) electrons. The summed E-state index contributed by atoms with van der Waals surface area (Å²) >= 11 is 1.58. The molecule has 0 bridgehead atoms. The Hall–Kier alpha value is -3.46. The number of carbonyl (C=O) groups is 1. The molecule has 0 saturated carbocycles. The summed E-state index contributed by atoms with van der Waals surface area (Å²) < 4.78 is 14.5. The normalized spacial score (nSPS) is 19.3. The predicted molar refractivity (Wildman–Crippen MR) is 155 cm³/mol. The molecule has 1 unspecified atom stereocenters. The molecule has 2 aliphatic rings. The number of nitrogens with one attached hydrogen (secondary N) is 1. The SMILES string of the molecule is C=C(c1ccc(NS/C(CC)=C2\N=CC=CC2C)c(OC)c1)N1CCN(C(=O)O/C(=C/C)N=CC)CC1. The van der Waals surface area contributed by atoms with Crippen LogP contribution in [0.3, 0.4) is 0 Å². The van der Waals surface area contributed by atoms with Gasteiger partial charge in [-0.3, -0.25) is 4.99 Å². The fraction of sp³-hybridized carbons (Fsp3) is 0.393. The molecule has 1 aromatic carbocycles. The van der Waals surface area contributed by atoms with Crippen molar-refractivity contribution in [1.82, 2.24) is 9.80 Å². The van der Waals surface area contributed by atoms with Crippen LogP contribution in [-0.4, -0.2) is 61.6 Å². The summed E-state index contributed by atoms with van der Waals surface area (Å²) in [6, 6.07) is 6.05. The Kier molecular flexibility index (Phi) is 10.4. The van der Waals surface area contributed by atoms with Crippen LogP contribution >= 0.6 is 11.9 Å². The van der Waals surface area contributed by atoms with Gasteiger partial charge >= 0.3 is 6.09 Å². The van der Waals surface area contributed by atoms with Crippen molar-refractivity contribution < 1.29 is 14.3 Å². The van der Waals surface area contributed by atoms with E-state index in [0.29, 0.717) is 38.0 Å². The zero-order chi connectivity index (χ0) is 26.8. The summed E-state index contributed by atoms with van der Waals surface area (Å²) in [7, 11) is 1.67. The van der Waals surface area contributed by atoms with Crippen LogP contribution in [0.15, 0.2) is 69.5 Å². The third-order valence-corrected chi connectivity index (χ3v) is 7.24. The van der Waals surface area contributed by atoms with Crippen molar-refractivity contribution in [3.63, 3.8) is 0 Å². The van der Waals surface area contributed by atoms with Gasteiger partial charge in [0, 0.05) is 60.7 Å². The van der Waals surface area contributed by atoms with Crippen molar-refractivity contribution in [2.45, 2.75) is 34.1 Å². The number of allylic oxidation sites excluding steroid dienone is 4. The lowest BCUT2D eigenvalue weighted by molar-refractivity contribution is 0.108. The molecule has 2 aliphatic heterocycles. The van der Waals surface area contributed by atoms with Gasteiger partial charge in [-0.05, 0) is 56.5 Å². The second-order valence-electron chi connectivity index (χ2n) is 8.54. The molecule has 1 N–H and O–H groups in total. The fourth-order valence-electron chi connectivity index (χ4n) is 4.03. The first-order chi connectivity index (χ1) is 17.9. The van der Waals surface area contributed by atoms with Gasteiger partial charge in [-0.2, -0.15) is 0 Å². The van der Waals surface area contributed by atoms with Gasteiger partial charge in [0.1, 0.15) is 5.75 Å². The molecule has 2 heterocycles. The number of ether oxygens (including phenoxy) is 2. The van der Waals surface area contributed by atoms with E-state index in [1.165, 1.54) is 4.91 Å². The zero-order valence-electron chi connectivity index (χ0n) is 22.4. The van der Waals surface area contributed by atoms with Gasteiger partial charge in [0.25, 0.3) is 0 Å². The Morgan fingerprint density at radius 2 is 2.00 bits per heavy atom. The van der Waals surface area contributed by atoms with E-state index in [-0.39, 0.29) is 6.09 Å². The van der Waals surface area contributed by atoms with Crippen molar-refractivity contribution in [2.75, 3.05) is 38.0 Å². The lowest BCUT2D eigenvalue weighted by Crippen LogP contribution is -2.47.